The number of aromatic nitrogens is 1. The quantitative estimate of drug-likeness (QED) is 0.804. The zero-order valence-electron chi connectivity index (χ0n) is 8.37. The van der Waals surface area contributed by atoms with Crippen molar-refractivity contribution in [2.75, 3.05) is 11.9 Å². The Hall–Kier alpha value is -0.940. The highest BCUT2D eigenvalue weighted by Crippen LogP contribution is 2.18. The third-order valence-corrected chi connectivity index (χ3v) is 2.51. The topological polar surface area (TPSA) is 68.0 Å². The van der Waals surface area contributed by atoms with Gasteiger partial charge in [-0.15, -0.1) is 0 Å². The van der Waals surface area contributed by atoms with E-state index in [1.165, 1.54) is 0 Å². The molecule has 82 valence electrons. The minimum atomic E-state index is -0.0251. The van der Waals surface area contributed by atoms with Gasteiger partial charge in [-0.1, -0.05) is 0 Å². The van der Waals surface area contributed by atoms with E-state index in [0.29, 0.717) is 18.8 Å². The van der Waals surface area contributed by atoms with E-state index < -0.39 is 0 Å². The summed E-state index contributed by atoms with van der Waals surface area (Å²) in [6.07, 6.45) is 3.81. The first kappa shape index (κ1) is 12.1. The van der Waals surface area contributed by atoms with Crippen molar-refractivity contribution >= 4 is 27.7 Å². The summed E-state index contributed by atoms with van der Waals surface area (Å²) < 4.78 is 0.789. The second kappa shape index (κ2) is 6.53. The maximum Gasteiger partial charge on any atom is 0.225 e. The number of halogens is 1. The summed E-state index contributed by atoms with van der Waals surface area (Å²) in [5.74, 6) is 0.540. The number of rotatable bonds is 5. The number of anilines is 1. The smallest absolute Gasteiger partial charge is 0.225 e. The number of nitrogens with zero attached hydrogens (tertiary/aromatic N) is 1. The van der Waals surface area contributed by atoms with Crippen LogP contribution in [0.3, 0.4) is 0 Å². The van der Waals surface area contributed by atoms with Gasteiger partial charge in [-0.3, -0.25) is 4.79 Å². The molecule has 5 heteroatoms. The lowest BCUT2D eigenvalue weighted by molar-refractivity contribution is -0.116. The molecule has 0 unspecified atom stereocenters. The zero-order valence-corrected chi connectivity index (χ0v) is 9.96. The standard InChI is InChI=1S/C10H14BrN3O/c11-8-4-3-7-13-10(8)14-9(15)5-1-2-6-12/h3-4,7H,1-2,5-6,12H2,(H,13,14,15). The maximum absolute atomic E-state index is 11.4. The fraction of sp³-hybridized carbons (Fsp3) is 0.400. The Balaban J connectivity index is 2.41. The molecule has 0 saturated heterocycles. The van der Waals surface area contributed by atoms with Gasteiger partial charge >= 0.3 is 0 Å². The zero-order chi connectivity index (χ0) is 11.1. The Labute approximate surface area is 97.4 Å². The number of carbonyl (C=O) groups excluding carboxylic acids is 1. The Bertz CT molecular complexity index is 330. The van der Waals surface area contributed by atoms with Gasteiger partial charge < -0.3 is 11.1 Å². The molecule has 0 aromatic carbocycles. The largest absolute Gasteiger partial charge is 0.330 e. The van der Waals surface area contributed by atoms with Crippen molar-refractivity contribution in [3.8, 4) is 0 Å². The molecule has 3 N–H and O–H groups in total. The summed E-state index contributed by atoms with van der Waals surface area (Å²) in [5.41, 5.74) is 5.34. The van der Waals surface area contributed by atoms with Crippen LogP contribution >= 0.6 is 15.9 Å². The summed E-state index contributed by atoms with van der Waals surface area (Å²) >= 11 is 3.31. The maximum atomic E-state index is 11.4. The lowest BCUT2D eigenvalue weighted by Gasteiger charge is -2.05. The van der Waals surface area contributed by atoms with Gasteiger partial charge in [-0.05, 0) is 47.4 Å². The van der Waals surface area contributed by atoms with Crippen molar-refractivity contribution in [3.05, 3.63) is 22.8 Å². The second-order valence-corrected chi connectivity index (χ2v) is 3.98. The molecular formula is C10H14BrN3O. The summed E-state index contributed by atoms with van der Waals surface area (Å²) in [5, 5.41) is 2.73. The molecule has 4 nitrogen and oxygen atoms in total. The van der Waals surface area contributed by atoms with Crippen LogP contribution in [0, 0.1) is 0 Å². The van der Waals surface area contributed by atoms with Gasteiger partial charge in [0.25, 0.3) is 0 Å². The molecule has 0 fully saturated rings. The average Bonchev–Trinajstić information content (AvgIpc) is 2.22. The molecule has 0 radical (unpaired) electrons. The summed E-state index contributed by atoms with van der Waals surface area (Å²) in [7, 11) is 0. The van der Waals surface area contributed by atoms with Crippen LogP contribution in [0.2, 0.25) is 0 Å². The molecule has 0 bridgehead atoms. The second-order valence-electron chi connectivity index (χ2n) is 3.13. The normalized spacial score (nSPS) is 10.0. The SMILES string of the molecule is NCCCCC(=O)Nc1ncccc1Br. The third-order valence-electron chi connectivity index (χ3n) is 1.87. The summed E-state index contributed by atoms with van der Waals surface area (Å²) in [6.45, 7) is 0.626. The lowest BCUT2D eigenvalue weighted by atomic mass is 10.2. The van der Waals surface area contributed by atoms with Crippen molar-refractivity contribution in [1.82, 2.24) is 4.98 Å². The van der Waals surface area contributed by atoms with Crippen LogP contribution in [0.5, 0.6) is 0 Å². The molecule has 1 aromatic heterocycles. The minimum Gasteiger partial charge on any atom is -0.330 e. The summed E-state index contributed by atoms with van der Waals surface area (Å²) in [6, 6.07) is 3.64. The van der Waals surface area contributed by atoms with Gasteiger partial charge in [-0.25, -0.2) is 4.98 Å². The summed E-state index contributed by atoms with van der Waals surface area (Å²) in [4.78, 5) is 15.5. The number of hydrogen-bond donors (Lipinski definition) is 2. The van der Waals surface area contributed by atoms with Gasteiger partial charge in [-0.2, -0.15) is 0 Å². The Morgan fingerprint density at radius 2 is 2.33 bits per heavy atom. The number of unbranched alkanes of at least 4 members (excludes halogenated alkanes) is 1. The molecule has 0 saturated carbocycles. The first-order valence-corrected chi connectivity index (χ1v) is 5.64. The number of pyridine rings is 1. The predicted octanol–water partition coefficient (Wildman–Crippen LogP) is 1.91. The van der Waals surface area contributed by atoms with Crippen LogP contribution in [-0.2, 0) is 4.79 Å². The van der Waals surface area contributed by atoms with Crippen molar-refractivity contribution in [1.29, 1.82) is 0 Å². The molecule has 0 atom stereocenters. The number of amides is 1. The van der Waals surface area contributed by atoms with E-state index >= 15 is 0 Å². The number of carbonyl (C=O) groups is 1. The predicted molar refractivity (Wildman–Crippen MR) is 63.5 cm³/mol. The minimum absolute atomic E-state index is 0.0251. The first-order valence-electron chi connectivity index (χ1n) is 4.84. The molecule has 1 aromatic rings. The molecule has 1 amide bonds. The van der Waals surface area contributed by atoms with Crippen LogP contribution in [0.1, 0.15) is 19.3 Å². The average molecular weight is 272 g/mol. The van der Waals surface area contributed by atoms with E-state index in [9.17, 15) is 4.79 Å². The van der Waals surface area contributed by atoms with Crippen LogP contribution in [0.15, 0.2) is 22.8 Å². The van der Waals surface area contributed by atoms with Crippen molar-refractivity contribution in [2.24, 2.45) is 5.73 Å². The highest BCUT2D eigenvalue weighted by atomic mass is 79.9. The Kier molecular flexibility index (Phi) is 5.28. The van der Waals surface area contributed by atoms with E-state index in [1.54, 1.807) is 12.3 Å². The number of hydrogen-bond acceptors (Lipinski definition) is 3. The van der Waals surface area contributed by atoms with Gasteiger partial charge in [0.15, 0.2) is 0 Å². The van der Waals surface area contributed by atoms with Crippen molar-refractivity contribution in [2.45, 2.75) is 19.3 Å². The molecule has 0 aliphatic rings. The van der Waals surface area contributed by atoms with E-state index in [4.69, 9.17) is 5.73 Å². The Morgan fingerprint density at radius 1 is 1.53 bits per heavy atom. The van der Waals surface area contributed by atoms with E-state index in [1.807, 2.05) is 6.07 Å². The fourth-order valence-corrected chi connectivity index (χ4v) is 1.46. The van der Waals surface area contributed by atoms with Gasteiger partial charge in [0.05, 0.1) is 4.47 Å². The van der Waals surface area contributed by atoms with Gasteiger partial charge in [0.2, 0.25) is 5.91 Å². The van der Waals surface area contributed by atoms with Crippen LogP contribution in [0.4, 0.5) is 5.82 Å². The fourth-order valence-electron chi connectivity index (χ4n) is 1.10. The van der Waals surface area contributed by atoms with Crippen LogP contribution < -0.4 is 11.1 Å². The van der Waals surface area contributed by atoms with E-state index in [2.05, 4.69) is 26.2 Å². The van der Waals surface area contributed by atoms with Crippen molar-refractivity contribution in [3.63, 3.8) is 0 Å². The molecule has 0 aliphatic heterocycles. The van der Waals surface area contributed by atoms with Crippen LogP contribution in [0.25, 0.3) is 0 Å². The first-order chi connectivity index (χ1) is 7.24. The molecule has 0 spiro atoms. The molecule has 15 heavy (non-hydrogen) atoms. The lowest BCUT2D eigenvalue weighted by Crippen LogP contribution is -2.13. The van der Waals surface area contributed by atoms with Crippen LogP contribution in [-0.4, -0.2) is 17.4 Å². The van der Waals surface area contributed by atoms with Crippen molar-refractivity contribution < 1.29 is 4.79 Å². The van der Waals surface area contributed by atoms with E-state index in [0.717, 1.165) is 17.3 Å². The highest BCUT2D eigenvalue weighted by Gasteiger charge is 2.05. The number of nitrogens with one attached hydrogen (secondary N) is 1. The van der Waals surface area contributed by atoms with Gasteiger partial charge in [0, 0.05) is 12.6 Å². The van der Waals surface area contributed by atoms with E-state index in [-0.39, 0.29) is 5.91 Å². The third kappa shape index (κ3) is 4.40. The number of nitrogens with two attached hydrogens (primary N) is 1. The van der Waals surface area contributed by atoms with Gasteiger partial charge in [0.1, 0.15) is 5.82 Å². The monoisotopic (exact) mass is 271 g/mol. The molecule has 1 heterocycles. The highest BCUT2D eigenvalue weighted by molar-refractivity contribution is 9.10. The Morgan fingerprint density at radius 3 is 3.00 bits per heavy atom. The molecule has 1 rings (SSSR count). The molecular weight excluding hydrogens is 258 g/mol. The molecule has 0 aliphatic carbocycles.